The van der Waals surface area contributed by atoms with Crippen LogP contribution < -0.4 is 5.32 Å². The first-order chi connectivity index (χ1) is 9.04. The monoisotopic (exact) mass is 294 g/mol. The molecule has 0 spiro atoms. The van der Waals surface area contributed by atoms with Gasteiger partial charge in [-0.25, -0.2) is 9.97 Å². The third-order valence-corrected chi connectivity index (χ3v) is 4.69. The van der Waals surface area contributed by atoms with Crippen molar-refractivity contribution < 1.29 is 0 Å². The van der Waals surface area contributed by atoms with Crippen LogP contribution in [0, 0.1) is 5.92 Å². The Balaban J connectivity index is 1.77. The third kappa shape index (κ3) is 2.95. The van der Waals surface area contributed by atoms with Gasteiger partial charge in [-0.3, -0.25) is 0 Å². The maximum absolute atomic E-state index is 4.61. The molecule has 1 aliphatic carbocycles. The molecule has 2 aromatic heterocycles. The molecule has 1 aliphatic rings. The highest BCUT2D eigenvalue weighted by Gasteiger charge is 2.34. The minimum atomic E-state index is 0.00664. The number of thiazole rings is 1. The van der Waals surface area contributed by atoms with E-state index in [1.54, 1.807) is 11.3 Å². The molecule has 0 radical (unpaired) electrons. The molecule has 0 saturated heterocycles. The predicted octanol–water partition coefficient (Wildman–Crippen LogP) is 3.86. The normalized spacial score (nSPS) is 17.4. The average Bonchev–Trinajstić information content (AvgIpc) is 2.87. The fourth-order valence-electron chi connectivity index (χ4n) is 1.92. The van der Waals surface area contributed by atoms with E-state index in [1.165, 1.54) is 24.4 Å². The fraction of sp³-hybridized carbons (Fsp3) is 0.615. The molecule has 0 aliphatic heterocycles. The molecule has 1 saturated carbocycles. The Morgan fingerprint density at radius 3 is 2.68 bits per heavy atom. The van der Waals surface area contributed by atoms with Gasteiger partial charge in [0.25, 0.3) is 0 Å². The summed E-state index contributed by atoms with van der Waals surface area (Å²) >= 11 is 3.17. The molecule has 1 atom stereocenters. The van der Waals surface area contributed by atoms with Gasteiger partial charge in [0.2, 0.25) is 5.13 Å². The number of nitrogens with zero attached hydrogens (tertiary/aromatic N) is 3. The zero-order valence-corrected chi connectivity index (χ0v) is 13.0. The predicted molar refractivity (Wildman–Crippen MR) is 79.8 cm³/mol. The van der Waals surface area contributed by atoms with Gasteiger partial charge in [0.05, 0.1) is 6.04 Å². The molecule has 0 aromatic carbocycles. The smallest absolute Gasteiger partial charge is 0.203 e. The minimum absolute atomic E-state index is 0.00664. The Labute approximate surface area is 121 Å². The van der Waals surface area contributed by atoms with Crippen molar-refractivity contribution in [3.63, 3.8) is 0 Å². The standard InChI is InChI=1S/C13H18N4S2/c1-13(2,3)11-16-12(19-17-11)15-9(8-4-5-8)10-14-6-7-18-10/h6-9H,4-5H2,1-3H3,(H,15,16,17). The van der Waals surface area contributed by atoms with Crippen molar-refractivity contribution in [1.29, 1.82) is 0 Å². The van der Waals surface area contributed by atoms with Crippen LogP contribution in [0.2, 0.25) is 0 Å². The van der Waals surface area contributed by atoms with Gasteiger partial charge >= 0.3 is 0 Å². The van der Waals surface area contributed by atoms with E-state index in [9.17, 15) is 0 Å². The highest BCUT2D eigenvalue weighted by atomic mass is 32.1. The van der Waals surface area contributed by atoms with Crippen molar-refractivity contribution in [3.8, 4) is 0 Å². The van der Waals surface area contributed by atoms with Gasteiger partial charge in [0.15, 0.2) is 0 Å². The summed E-state index contributed by atoms with van der Waals surface area (Å²) in [6, 6.07) is 0.306. The van der Waals surface area contributed by atoms with Crippen LogP contribution in [-0.2, 0) is 5.41 Å². The van der Waals surface area contributed by atoms with E-state index in [-0.39, 0.29) is 5.41 Å². The topological polar surface area (TPSA) is 50.7 Å². The second kappa shape index (κ2) is 4.83. The van der Waals surface area contributed by atoms with Crippen LogP contribution >= 0.6 is 22.9 Å². The first-order valence-electron chi connectivity index (χ1n) is 6.54. The van der Waals surface area contributed by atoms with Crippen molar-refractivity contribution in [3.05, 3.63) is 22.4 Å². The van der Waals surface area contributed by atoms with Crippen molar-refractivity contribution >= 4 is 28.0 Å². The molecule has 1 unspecified atom stereocenters. The highest BCUT2D eigenvalue weighted by Crippen LogP contribution is 2.43. The van der Waals surface area contributed by atoms with Gasteiger partial charge < -0.3 is 5.32 Å². The third-order valence-electron chi connectivity index (χ3n) is 3.19. The second-order valence-corrected chi connectivity index (χ2v) is 7.68. The quantitative estimate of drug-likeness (QED) is 0.930. The van der Waals surface area contributed by atoms with Crippen molar-refractivity contribution in [2.75, 3.05) is 5.32 Å². The minimum Gasteiger partial charge on any atom is -0.351 e. The molecule has 0 amide bonds. The summed E-state index contributed by atoms with van der Waals surface area (Å²) in [5.74, 6) is 1.61. The molecule has 1 N–H and O–H groups in total. The van der Waals surface area contributed by atoms with Crippen LogP contribution in [0.3, 0.4) is 0 Å². The molecule has 2 heterocycles. The highest BCUT2D eigenvalue weighted by molar-refractivity contribution is 7.10. The first kappa shape index (κ1) is 13.0. The maximum Gasteiger partial charge on any atom is 0.203 e. The number of anilines is 1. The van der Waals surface area contributed by atoms with Gasteiger partial charge in [-0.1, -0.05) is 20.8 Å². The summed E-state index contributed by atoms with van der Waals surface area (Å²) in [7, 11) is 0. The van der Waals surface area contributed by atoms with Gasteiger partial charge in [0.1, 0.15) is 10.8 Å². The van der Waals surface area contributed by atoms with E-state index in [1.807, 2.05) is 11.6 Å². The van der Waals surface area contributed by atoms with Gasteiger partial charge in [-0.15, -0.1) is 11.3 Å². The molecule has 19 heavy (non-hydrogen) atoms. The zero-order valence-electron chi connectivity index (χ0n) is 11.4. The molecular weight excluding hydrogens is 276 g/mol. The lowest BCUT2D eigenvalue weighted by molar-refractivity contribution is 0.554. The second-order valence-electron chi connectivity index (χ2n) is 6.00. The van der Waals surface area contributed by atoms with Crippen LogP contribution in [0.15, 0.2) is 11.6 Å². The molecule has 1 fully saturated rings. The maximum atomic E-state index is 4.61. The Morgan fingerprint density at radius 2 is 2.16 bits per heavy atom. The van der Waals surface area contributed by atoms with E-state index >= 15 is 0 Å². The van der Waals surface area contributed by atoms with Crippen LogP contribution in [0.4, 0.5) is 5.13 Å². The van der Waals surface area contributed by atoms with Crippen molar-refractivity contribution in [1.82, 2.24) is 14.3 Å². The van der Waals surface area contributed by atoms with Crippen LogP contribution in [0.1, 0.15) is 50.5 Å². The zero-order chi connectivity index (χ0) is 13.5. The Kier molecular flexibility index (Phi) is 3.30. The molecule has 4 nitrogen and oxygen atoms in total. The van der Waals surface area contributed by atoms with Crippen LogP contribution in [0.25, 0.3) is 0 Å². The summed E-state index contributed by atoms with van der Waals surface area (Å²) in [5, 5.41) is 7.64. The lowest BCUT2D eigenvalue weighted by Crippen LogP contribution is -2.15. The van der Waals surface area contributed by atoms with Gasteiger partial charge in [-0.2, -0.15) is 4.37 Å². The summed E-state index contributed by atoms with van der Waals surface area (Å²) < 4.78 is 4.45. The van der Waals surface area contributed by atoms with E-state index in [2.05, 4.69) is 40.4 Å². The Bertz CT molecular complexity index is 537. The lowest BCUT2D eigenvalue weighted by Gasteiger charge is -2.15. The fourth-order valence-corrected chi connectivity index (χ4v) is 3.49. The van der Waals surface area contributed by atoms with Crippen LogP contribution in [-0.4, -0.2) is 14.3 Å². The lowest BCUT2D eigenvalue weighted by atomic mass is 9.96. The largest absolute Gasteiger partial charge is 0.351 e. The van der Waals surface area contributed by atoms with Crippen molar-refractivity contribution in [2.45, 2.75) is 45.1 Å². The number of aromatic nitrogens is 3. The summed E-state index contributed by atoms with van der Waals surface area (Å²) in [5.41, 5.74) is 0.00664. The van der Waals surface area contributed by atoms with Crippen LogP contribution in [0.5, 0.6) is 0 Å². The number of hydrogen-bond acceptors (Lipinski definition) is 6. The number of nitrogens with one attached hydrogen (secondary N) is 1. The Morgan fingerprint density at radius 1 is 1.37 bits per heavy atom. The summed E-state index contributed by atoms with van der Waals surface area (Å²) in [4.78, 5) is 9.06. The van der Waals surface area contributed by atoms with E-state index in [0.29, 0.717) is 12.0 Å². The molecule has 0 bridgehead atoms. The molecular formula is C13H18N4S2. The number of hydrogen-bond donors (Lipinski definition) is 1. The van der Waals surface area contributed by atoms with E-state index in [0.717, 1.165) is 16.0 Å². The number of rotatable bonds is 4. The molecule has 2 aromatic rings. The molecule has 6 heteroatoms. The average molecular weight is 294 g/mol. The molecule has 102 valence electrons. The van der Waals surface area contributed by atoms with E-state index < -0.39 is 0 Å². The SMILES string of the molecule is CC(C)(C)c1nsc(NC(c2nccs2)C2CC2)n1. The van der Waals surface area contributed by atoms with Gasteiger partial charge in [0, 0.05) is 28.5 Å². The Hall–Kier alpha value is -1.01. The van der Waals surface area contributed by atoms with E-state index in [4.69, 9.17) is 0 Å². The summed E-state index contributed by atoms with van der Waals surface area (Å²) in [6.07, 6.45) is 4.43. The summed E-state index contributed by atoms with van der Waals surface area (Å²) in [6.45, 7) is 6.41. The molecule has 3 rings (SSSR count). The van der Waals surface area contributed by atoms with Crippen molar-refractivity contribution in [2.24, 2.45) is 5.92 Å². The van der Waals surface area contributed by atoms with Gasteiger partial charge in [-0.05, 0) is 18.8 Å². The first-order valence-corrected chi connectivity index (χ1v) is 8.19.